The highest BCUT2D eigenvalue weighted by Gasteiger charge is 2.17. The third kappa shape index (κ3) is 2.36. The monoisotopic (exact) mass is 280 g/mol. The second-order valence-electron chi connectivity index (χ2n) is 4.82. The Kier molecular flexibility index (Phi) is 3.36. The van der Waals surface area contributed by atoms with E-state index in [1.165, 1.54) is 0 Å². The first-order chi connectivity index (χ1) is 10.2. The normalized spacial score (nSPS) is 10.6. The Labute approximate surface area is 123 Å². The Bertz CT molecular complexity index is 764. The number of aromatic hydroxyl groups is 1. The van der Waals surface area contributed by atoms with Crippen LogP contribution in [0.25, 0.3) is 22.4 Å². The summed E-state index contributed by atoms with van der Waals surface area (Å²) >= 11 is 0. The molecular weight excluding hydrogens is 264 g/mol. The van der Waals surface area contributed by atoms with Crippen LogP contribution in [0.5, 0.6) is 11.5 Å². The van der Waals surface area contributed by atoms with Crippen LogP contribution in [-0.2, 0) is 0 Å². The lowest BCUT2D eigenvalue weighted by Gasteiger charge is -2.09. The van der Waals surface area contributed by atoms with Gasteiger partial charge in [-0.05, 0) is 24.6 Å². The molecule has 21 heavy (non-hydrogen) atoms. The predicted octanol–water partition coefficient (Wildman–Crippen LogP) is 3.77. The summed E-state index contributed by atoms with van der Waals surface area (Å²) in [5.41, 5.74) is 4.79. The number of methoxy groups -OCH3 is 1. The van der Waals surface area contributed by atoms with Gasteiger partial charge in [-0.3, -0.25) is 5.10 Å². The Morgan fingerprint density at radius 1 is 1.10 bits per heavy atom. The fraction of sp³-hybridized carbons (Fsp3) is 0.118. The van der Waals surface area contributed by atoms with Crippen molar-refractivity contribution in [2.75, 3.05) is 7.11 Å². The fourth-order valence-corrected chi connectivity index (χ4v) is 2.46. The molecule has 4 heteroatoms. The molecule has 0 aliphatic rings. The zero-order chi connectivity index (χ0) is 14.8. The molecule has 0 atom stereocenters. The molecule has 0 bridgehead atoms. The van der Waals surface area contributed by atoms with Gasteiger partial charge in [0.1, 0.15) is 17.2 Å². The van der Waals surface area contributed by atoms with Gasteiger partial charge in [0.05, 0.1) is 7.11 Å². The van der Waals surface area contributed by atoms with E-state index in [0.29, 0.717) is 5.75 Å². The molecule has 0 spiro atoms. The molecule has 2 N–H and O–H groups in total. The minimum Gasteiger partial charge on any atom is -0.508 e. The van der Waals surface area contributed by atoms with Gasteiger partial charge in [-0.1, -0.05) is 30.3 Å². The summed E-state index contributed by atoms with van der Waals surface area (Å²) in [5, 5.41) is 17.0. The first-order valence-corrected chi connectivity index (χ1v) is 6.68. The number of aromatic nitrogens is 2. The van der Waals surface area contributed by atoms with Crippen LogP contribution in [0.3, 0.4) is 0 Å². The summed E-state index contributed by atoms with van der Waals surface area (Å²) in [6, 6.07) is 15.1. The van der Waals surface area contributed by atoms with Crippen molar-refractivity contribution in [2.45, 2.75) is 6.92 Å². The van der Waals surface area contributed by atoms with Crippen molar-refractivity contribution in [3.8, 4) is 33.9 Å². The molecule has 106 valence electrons. The van der Waals surface area contributed by atoms with Crippen molar-refractivity contribution in [2.24, 2.45) is 0 Å². The van der Waals surface area contributed by atoms with Crippen LogP contribution in [0.4, 0.5) is 0 Å². The number of phenols is 1. The predicted molar refractivity (Wildman–Crippen MR) is 82.4 cm³/mol. The topological polar surface area (TPSA) is 58.1 Å². The number of phenolic OH excluding ortho intramolecular Hbond substituents is 1. The van der Waals surface area contributed by atoms with Crippen LogP contribution in [0, 0.1) is 6.92 Å². The Morgan fingerprint density at radius 2 is 1.86 bits per heavy atom. The molecular formula is C17H16N2O2. The van der Waals surface area contributed by atoms with E-state index in [1.54, 1.807) is 19.2 Å². The Morgan fingerprint density at radius 3 is 2.57 bits per heavy atom. The number of rotatable bonds is 3. The van der Waals surface area contributed by atoms with Crippen LogP contribution in [-0.4, -0.2) is 22.4 Å². The van der Waals surface area contributed by atoms with Crippen molar-refractivity contribution in [3.05, 3.63) is 54.2 Å². The lowest BCUT2D eigenvalue weighted by atomic mass is 9.99. The van der Waals surface area contributed by atoms with Gasteiger partial charge in [0, 0.05) is 22.9 Å². The molecule has 3 rings (SSSR count). The summed E-state index contributed by atoms with van der Waals surface area (Å²) in [6.07, 6.45) is 0. The van der Waals surface area contributed by atoms with Gasteiger partial charge in [0.2, 0.25) is 0 Å². The number of H-pyrrole nitrogens is 1. The highest BCUT2D eigenvalue weighted by atomic mass is 16.5. The largest absolute Gasteiger partial charge is 0.508 e. The van der Waals surface area contributed by atoms with E-state index in [1.807, 2.05) is 43.3 Å². The molecule has 0 saturated heterocycles. The first-order valence-electron chi connectivity index (χ1n) is 6.68. The third-order valence-electron chi connectivity index (χ3n) is 3.45. The van der Waals surface area contributed by atoms with Crippen molar-refractivity contribution < 1.29 is 9.84 Å². The zero-order valence-corrected chi connectivity index (χ0v) is 11.9. The molecule has 0 radical (unpaired) electrons. The van der Waals surface area contributed by atoms with Crippen LogP contribution < -0.4 is 4.74 Å². The van der Waals surface area contributed by atoms with Crippen molar-refractivity contribution in [1.82, 2.24) is 10.2 Å². The third-order valence-corrected chi connectivity index (χ3v) is 3.45. The number of aromatic amines is 1. The maximum Gasteiger partial charge on any atom is 0.132 e. The molecule has 4 nitrogen and oxygen atoms in total. The van der Waals surface area contributed by atoms with Gasteiger partial charge in [-0.15, -0.1) is 0 Å². The first kappa shape index (κ1) is 13.2. The van der Waals surface area contributed by atoms with Crippen LogP contribution in [0.1, 0.15) is 5.69 Å². The van der Waals surface area contributed by atoms with Gasteiger partial charge in [-0.25, -0.2) is 0 Å². The molecule has 2 aromatic carbocycles. The molecule has 0 amide bonds. The minimum absolute atomic E-state index is 0.170. The summed E-state index contributed by atoms with van der Waals surface area (Å²) in [6.45, 7) is 1.99. The van der Waals surface area contributed by atoms with Crippen LogP contribution in [0.2, 0.25) is 0 Å². The number of ether oxygens (including phenoxy) is 1. The maximum absolute atomic E-state index is 9.60. The molecule has 1 aromatic heterocycles. The SMILES string of the molecule is COc1cc(O)ccc1-c1n[nH]c(C)c1-c1ccccc1. The van der Waals surface area contributed by atoms with E-state index in [-0.39, 0.29) is 5.75 Å². The lowest BCUT2D eigenvalue weighted by molar-refractivity contribution is 0.409. The van der Waals surface area contributed by atoms with Gasteiger partial charge in [-0.2, -0.15) is 5.10 Å². The number of aryl methyl sites for hydroxylation is 1. The van der Waals surface area contributed by atoms with Gasteiger partial charge < -0.3 is 9.84 Å². The molecule has 0 fully saturated rings. The lowest BCUT2D eigenvalue weighted by Crippen LogP contribution is -1.90. The maximum atomic E-state index is 9.60. The van der Waals surface area contributed by atoms with Crippen LogP contribution in [0.15, 0.2) is 48.5 Å². The minimum atomic E-state index is 0.170. The molecule has 0 aliphatic heterocycles. The molecule has 0 unspecified atom stereocenters. The summed E-state index contributed by atoms with van der Waals surface area (Å²) in [4.78, 5) is 0. The van der Waals surface area contributed by atoms with E-state index in [0.717, 1.165) is 28.1 Å². The fourth-order valence-electron chi connectivity index (χ4n) is 2.46. The second-order valence-corrected chi connectivity index (χ2v) is 4.82. The van der Waals surface area contributed by atoms with Gasteiger partial charge >= 0.3 is 0 Å². The Hall–Kier alpha value is -2.75. The summed E-state index contributed by atoms with van der Waals surface area (Å²) < 4.78 is 5.37. The summed E-state index contributed by atoms with van der Waals surface area (Å²) in [5.74, 6) is 0.766. The number of nitrogens with zero attached hydrogens (tertiary/aromatic N) is 1. The second kappa shape index (κ2) is 5.32. The van der Waals surface area contributed by atoms with Crippen molar-refractivity contribution in [1.29, 1.82) is 0 Å². The molecule has 3 aromatic rings. The van der Waals surface area contributed by atoms with E-state index in [4.69, 9.17) is 4.74 Å². The average molecular weight is 280 g/mol. The molecule has 1 heterocycles. The van der Waals surface area contributed by atoms with E-state index in [9.17, 15) is 5.11 Å². The standard InChI is InChI=1S/C17H16N2O2/c1-11-16(12-6-4-3-5-7-12)17(19-18-11)14-9-8-13(20)10-15(14)21-2/h3-10,20H,1-2H3,(H,18,19). The number of benzene rings is 2. The van der Waals surface area contributed by atoms with Gasteiger partial charge in [0.15, 0.2) is 0 Å². The number of hydrogen-bond donors (Lipinski definition) is 2. The number of hydrogen-bond acceptors (Lipinski definition) is 3. The average Bonchev–Trinajstić information content (AvgIpc) is 2.89. The zero-order valence-electron chi connectivity index (χ0n) is 11.9. The van der Waals surface area contributed by atoms with Crippen LogP contribution >= 0.6 is 0 Å². The number of nitrogens with one attached hydrogen (secondary N) is 1. The summed E-state index contributed by atoms with van der Waals surface area (Å²) in [7, 11) is 1.58. The quantitative estimate of drug-likeness (QED) is 0.768. The smallest absolute Gasteiger partial charge is 0.132 e. The van der Waals surface area contributed by atoms with E-state index >= 15 is 0 Å². The van der Waals surface area contributed by atoms with E-state index < -0.39 is 0 Å². The van der Waals surface area contributed by atoms with E-state index in [2.05, 4.69) is 10.2 Å². The Balaban J connectivity index is 2.21. The highest BCUT2D eigenvalue weighted by molar-refractivity contribution is 5.85. The highest BCUT2D eigenvalue weighted by Crippen LogP contribution is 2.38. The molecule has 0 saturated carbocycles. The van der Waals surface area contributed by atoms with Crippen molar-refractivity contribution >= 4 is 0 Å². The molecule has 0 aliphatic carbocycles. The van der Waals surface area contributed by atoms with Crippen molar-refractivity contribution in [3.63, 3.8) is 0 Å². The van der Waals surface area contributed by atoms with Gasteiger partial charge in [0.25, 0.3) is 0 Å².